The van der Waals surface area contributed by atoms with Crippen molar-refractivity contribution in [1.82, 2.24) is 9.78 Å². The molecular formula is C15H14F3N3. The van der Waals surface area contributed by atoms with Gasteiger partial charge in [0, 0.05) is 19.2 Å². The van der Waals surface area contributed by atoms with Crippen molar-refractivity contribution >= 4 is 11.9 Å². The number of aromatic nitrogens is 2. The molecule has 1 aromatic heterocycles. The number of benzene rings is 1. The van der Waals surface area contributed by atoms with E-state index in [1.54, 1.807) is 12.1 Å². The Bertz CT molecular complexity index is 673. The van der Waals surface area contributed by atoms with Gasteiger partial charge in [0.1, 0.15) is 5.82 Å². The largest absolute Gasteiger partial charge is 0.416 e. The van der Waals surface area contributed by atoms with Gasteiger partial charge >= 0.3 is 6.18 Å². The van der Waals surface area contributed by atoms with Crippen LogP contribution in [0.5, 0.6) is 0 Å². The SMILES string of the molecule is C=Cc1cc2n(n1)CCN2Cc1cccc(C(F)(F)F)c1. The van der Waals surface area contributed by atoms with Crippen LogP contribution >= 0.6 is 0 Å². The highest BCUT2D eigenvalue weighted by Crippen LogP contribution is 2.30. The van der Waals surface area contributed by atoms with Gasteiger partial charge in [-0.15, -0.1) is 0 Å². The highest BCUT2D eigenvalue weighted by Gasteiger charge is 2.30. The van der Waals surface area contributed by atoms with Gasteiger partial charge in [0.25, 0.3) is 0 Å². The van der Waals surface area contributed by atoms with E-state index in [-0.39, 0.29) is 0 Å². The summed E-state index contributed by atoms with van der Waals surface area (Å²) in [7, 11) is 0. The lowest BCUT2D eigenvalue weighted by molar-refractivity contribution is -0.137. The van der Waals surface area contributed by atoms with Crippen molar-refractivity contribution in [3.05, 3.63) is 53.7 Å². The minimum Gasteiger partial charge on any atom is -0.351 e. The third kappa shape index (κ3) is 2.66. The monoisotopic (exact) mass is 293 g/mol. The molecular weight excluding hydrogens is 279 g/mol. The molecule has 6 heteroatoms. The van der Waals surface area contributed by atoms with Crippen molar-refractivity contribution in [2.45, 2.75) is 19.3 Å². The molecule has 0 saturated heterocycles. The van der Waals surface area contributed by atoms with Crippen molar-refractivity contribution in [2.24, 2.45) is 0 Å². The smallest absolute Gasteiger partial charge is 0.351 e. The topological polar surface area (TPSA) is 21.1 Å². The van der Waals surface area contributed by atoms with Crippen LogP contribution in [0.25, 0.3) is 6.08 Å². The van der Waals surface area contributed by atoms with Crippen molar-refractivity contribution in [2.75, 3.05) is 11.4 Å². The van der Waals surface area contributed by atoms with Crippen molar-refractivity contribution < 1.29 is 13.2 Å². The van der Waals surface area contributed by atoms with E-state index in [1.165, 1.54) is 12.1 Å². The minimum atomic E-state index is -4.31. The average Bonchev–Trinajstić information content (AvgIpc) is 3.00. The van der Waals surface area contributed by atoms with Crippen molar-refractivity contribution in [1.29, 1.82) is 0 Å². The molecule has 21 heavy (non-hydrogen) atoms. The van der Waals surface area contributed by atoms with Gasteiger partial charge in [0.15, 0.2) is 0 Å². The van der Waals surface area contributed by atoms with Gasteiger partial charge < -0.3 is 4.90 Å². The second-order valence-electron chi connectivity index (χ2n) is 4.97. The van der Waals surface area contributed by atoms with E-state index >= 15 is 0 Å². The Balaban J connectivity index is 1.83. The predicted octanol–water partition coefficient (Wildman–Crippen LogP) is 3.57. The Kier molecular flexibility index (Phi) is 3.23. The first kappa shape index (κ1) is 13.7. The summed E-state index contributed by atoms with van der Waals surface area (Å²) in [6.45, 7) is 5.59. The van der Waals surface area contributed by atoms with Gasteiger partial charge in [-0.3, -0.25) is 0 Å². The van der Waals surface area contributed by atoms with E-state index in [1.807, 2.05) is 15.6 Å². The zero-order valence-electron chi connectivity index (χ0n) is 11.3. The van der Waals surface area contributed by atoms with Gasteiger partial charge in [-0.25, -0.2) is 4.68 Å². The van der Waals surface area contributed by atoms with Crippen LogP contribution in [0, 0.1) is 0 Å². The van der Waals surface area contributed by atoms with Gasteiger partial charge in [-0.2, -0.15) is 18.3 Å². The summed E-state index contributed by atoms with van der Waals surface area (Å²) < 4.78 is 40.0. The molecule has 3 rings (SSSR count). The number of fused-ring (bicyclic) bond motifs is 1. The summed E-state index contributed by atoms with van der Waals surface area (Å²) in [6, 6.07) is 7.35. The molecule has 0 unspecified atom stereocenters. The molecule has 0 N–H and O–H groups in total. The summed E-state index contributed by atoms with van der Waals surface area (Å²) >= 11 is 0. The molecule has 3 nitrogen and oxygen atoms in total. The Morgan fingerprint density at radius 1 is 1.24 bits per heavy atom. The summed E-state index contributed by atoms with van der Waals surface area (Å²) in [5.74, 6) is 0.919. The first-order chi connectivity index (χ1) is 9.97. The molecule has 0 aliphatic carbocycles. The highest BCUT2D eigenvalue weighted by atomic mass is 19.4. The third-order valence-corrected chi connectivity index (χ3v) is 3.52. The number of anilines is 1. The number of nitrogens with zero attached hydrogens (tertiary/aromatic N) is 3. The second kappa shape index (κ2) is 4.95. The number of halogens is 3. The van der Waals surface area contributed by atoms with Crippen LogP contribution in [0.3, 0.4) is 0 Å². The maximum Gasteiger partial charge on any atom is 0.416 e. The van der Waals surface area contributed by atoms with Crippen molar-refractivity contribution in [3.8, 4) is 0 Å². The maximum atomic E-state index is 12.7. The fourth-order valence-electron chi connectivity index (χ4n) is 2.50. The summed E-state index contributed by atoms with van der Waals surface area (Å²) in [5, 5.41) is 4.33. The van der Waals surface area contributed by atoms with E-state index in [0.29, 0.717) is 12.1 Å². The molecule has 1 aliphatic heterocycles. The summed E-state index contributed by atoms with van der Waals surface area (Å²) in [5.41, 5.74) is 0.804. The molecule has 0 bridgehead atoms. The molecule has 0 radical (unpaired) electrons. The number of hydrogen-bond acceptors (Lipinski definition) is 2. The quantitative estimate of drug-likeness (QED) is 0.862. The predicted molar refractivity (Wildman–Crippen MR) is 74.8 cm³/mol. The normalized spacial score (nSPS) is 14.3. The number of hydrogen-bond donors (Lipinski definition) is 0. The molecule has 0 saturated carbocycles. The van der Waals surface area contributed by atoms with Crippen LogP contribution in [0.4, 0.5) is 19.0 Å². The second-order valence-corrected chi connectivity index (χ2v) is 4.97. The Labute approximate surface area is 120 Å². The van der Waals surface area contributed by atoms with Gasteiger partial charge in [0.2, 0.25) is 0 Å². The lowest BCUT2D eigenvalue weighted by Gasteiger charge is -2.17. The van der Waals surface area contributed by atoms with Crippen LogP contribution < -0.4 is 4.90 Å². The Hall–Kier alpha value is -2.24. The molecule has 0 fully saturated rings. The van der Waals surface area contributed by atoms with Gasteiger partial charge in [-0.1, -0.05) is 18.7 Å². The van der Waals surface area contributed by atoms with Gasteiger partial charge in [-0.05, 0) is 23.8 Å². The zero-order valence-corrected chi connectivity index (χ0v) is 11.3. The molecule has 0 atom stereocenters. The highest BCUT2D eigenvalue weighted by molar-refractivity contribution is 5.53. The van der Waals surface area contributed by atoms with Crippen LogP contribution in [0.1, 0.15) is 16.8 Å². The molecule has 110 valence electrons. The van der Waals surface area contributed by atoms with Gasteiger partial charge in [0.05, 0.1) is 17.8 Å². The maximum absolute atomic E-state index is 12.7. The Morgan fingerprint density at radius 3 is 2.76 bits per heavy atom. The first-order valence-electron chi connectivity index (χ1n) is 6.59. The third-order valence-electron chi connectivity index (χ3n) is 3.52. The lowest BCUT2D eigenvalue weighted by atomic mass is 10.1. The number of alkyl halides is 3. The standard InChI is InChI=1S/C15H14F3N3/c1-2-13-9-14-20(6-7-21(14)19-13)10-11-4-3-5-12(8-11)15(16,17)18/h2-5,8-9H,1,6-7,10H2. The van der Waals surface area contributed by atoms with Crippen LogP contribution in [0.15, 0.2) is 36.9 Å². The zero-order chi connectivity index (χ0) is 15.0. The minimum absolute atomic E-state index is 0.437. The van der Waals surface area contributed by atoms with Crippen LogP contribution in [-0.4, -0.2) is 16.3 Å². The molecule has 1 aromatic carbocycles. The molecule has 2 heterocycles. The van der Waals surface area contributed by atoms with E-state index in [4.69, 9.17) is 0 Å². The van der Waals surface area contributed by atoms with Crippen LogP contribution in [0.2, 0.25) is 0 Å². The van der Waals surface area contributed by atoms with E-state index in [9.17, 15) is 13.2 Å². The molecule has 0 spiro atoms. The molecule has 1 aliphatic rings. The summed E-state index contributed by atoms with van der Waals surface area (Å²) in [6.07, 6.45) is -2.65. The molecule has 0 amide bonds. The first-order valence-corrected chi connectivity index (χ1v) is 6.59. The molecule has 2 aromatic rings. The van der Waals surface area contributed by atoms with E-state index < -0.39 is 11.7 Å². The van der Waals surface area contributed by atoms with E-state index in [2.05, 4.69) is 11.7 Å². The lowest BCUT2D eigenvalue weighted by Crippen LogP contribution is -2.20. The van der Waals surface area contributed by atoms with E-state index in [0.717, 1.165) is 30.7 Å². The average molecular weight is 293 g/mol. The number of rotatable bonds is 3. The van der Waals surface area contributed by atoms with Crippen LogP contribution in [-0.2, 0) is 19.3 Å². The fraction of sp³-hybridized carbons (Fsp3) is 0.267. The fourth-order valence-corrected chi connectivity index (χ4v) is 2.50. The Morgan fingerprint density at radius 2 is 2.05 bits per heavy atom. The van der Waals surface area contributed by atoms with Crippen molar-refractivity contribution in [3.63, 3.8) is 0 Å². The summed E-state index contributed by atoms with van der Waals surface area (Å²) in [4.78, 5) is 2.02.